The van der Waals surface area contributed by atoms with Crippen molar-refractivity contribution in [2.75, 3.05) is 6.61 Å². The van der Waals surface area contributed by atoms with Gasteiger partial charge in [0.2, 0.25) is 0 Å². The van der Waals surface area contributed by atoms with Crippen molar-refractivity contribution in [2.24, 2.45) is 0 Å². The smallest absolute Gasteiger partial charge is 0.331 e. The average Bonchev–Trinajstić information content (AvgIpc) is 2.47. The second kappa shape index (κ2) is 9.92. The summed E-state index contributed by atoms with van der Waals surface area (Å²) in [4.78, 5) is 11.5. The molecule has 120 valence electrons. The van der Waals surface area contributed by atoms with Crippen LogP contribution >= 0.6 is 0 Å². The van der Waals surface area contributed by atoms with Crippen molar-refractivity contribution in [2.45, 2.75) is 38.9 Å². The van der Waals surface area contributed by atoms with E-state index in [0.29, 0.717) is 5.57 Å². The fraction of sp³-hybridized carbons (Fsp3) is 0.389. The second-order valence-electron chi connectivity index (χ2n) is 5.30. The van der Waals surface area contributed by atoms with E-state index in [1.165, 1.54) is 23.8 Å². The molecule has 0 aliphatic heterocycles. The monoisotopic (exact) mass is 304 g/mol. The van der Waals surface area contributed by atoms with Gasteiger partial charge in [-0.1, -0.05) is 36.0 Å². The first kappa shape index (κ1) is 18.1. The Hall–Kier alpha value is -1.91. The van der Waals surface area contributed by atoms with Crippen LogP contribution < -0.4 is 0 Å². The normalized spacial score (nSPS) is 21.2. The highest BCUT2D eigenvalue weighted by molar-refractivity contribution is 5.82. The van der Waals surface area contributed by atoms with E-state index in [0.717, 1.165) is 12.8 Å². The fourth-order valence-corrected chi connectivity index (χ4v) is 1.78. The van der Waals surface area contributed by atoms with E-state index < -0.39 is 18.2 Å². The number of aliphatic hydroxyl groups excluding tert-OH is 2. The van der Waals surface area contributed by atoms with Gasteiger partial charge >= 0.3 is 5.97 Å². The van der Waals surface area contributed by atoms with Crippen LogP contribution in [0.3, 0.4) is 0 Å². The zero-order valence-corrected chi connectivity index (χ0v) is 13.1. The third-order valence-corrected chi connectivity index (χ3v) is 2.99. The molecule has 22 heavy (non-hydrogen) atoms. The van der Waals surface area contributed by atoms with E-state index in [9.17, 15) is 15.0 Å². The summed E-state index contributed by atoms with van der Waals surface area (Å²) in [6.45, 7) is 4.37. The molecule has 0 heterocycles. The van der Waals surface area contributed by atoms with Crippen LogP contribution in [0.5, 0.6) is 0 Å². The maximum atomic E-state index is 11.5. The number of ether oxygens (including phenoxy) is 1. The lowest BCUT2D eigenvalue weighted by molar-refractivity contribution is -0.136. The maximum absolute atomic E-state index is 11.5. The summed E-state index contributed by atoms with van der Waals surface area (Å²) in [5.74, 6) is -0.441. The predicted octanol–water partition coefficient (Wildman–Crippen LogP) is 2.61. The third-order valence-electron chi connectivity index (χ3n) is 2.99. The van der Waals surface area contributed by atoms with Gasteiger partial charge in [-0.3, -0.25) is 0 Å². The zero-order chi connectivity index (χ0) is 16.4. The second-order valence-corrected chi connectivity index (χ2v) is 5.30. The summed E-state index contributed by atoms with van der Waals surface area (Å²) in [5.41, 5.74) is 1.96. The average molecular weight is 304 g/mol. The van der Waals surface area contributed by atoms with E-state index in [2.05, 4.69) is 19.9 Å². The Labute approximate surface area is 131 Å². The molecule has 0 fully saturated rings. The summed E-state index contributed by atoms with van der Waals surface area (Å²) >= 11 is 0. The number of carbonyl (C=O) groups excluding carboxylic acids is 1. The van der Waals surface area contributed by atoms with Crippen molar-refractivity contribution in [3.05, 3.63) is 59.8 Å². The minimum atomic E-state index is -0.940. The number of hydrogen-bond acceptors (Lipinski definition) is 4. The highest BCUT2D eigenvalue weighted by Gasteiger charge is 2.14. The molecule has 0 saturated carbocycles. The van der Waals surface area contributed by atoms with E-state index in [1.807, 2.05) is 12.2 Å². The van der Waals surface area contributed by atoms with Gasteiger partial charge in [0.25, 0.3) is 0 Å². The van der Waals surface area contributed by atoms with Crippen molar-refractivity contribution in [1.82, 2.24) is 0 Å². The van der Waals surface area contributed by atoms with Crippen molar-refractivity contribution in [3.8, 4) is 0 Å². The lowest BCUT2D eigenvalue weighted by atomic mass is 10.0. The van der Waals surface area contributed by atoms with Gasteiger partial charge in [-0.15, -0.1) is 0 Å². The first-order valence-electron chi connectivity index (χ1n) is 7.38. The molecule has 1 aliphatic rings. The summed E-state index contributed by atoms with van der Waals surface area (Å²) in [7, 11) is 0. The molecule has 2 N–H and O–H groups in total. The number of hydrogen-bond donors (Lipinski definition) is 2. The number of rotatable bonds is 7. The lowest BCUT2D eigenvalue weighted by Gasteiger charge is -2.15. The van der Waals surface area contributed by atoms with Gasteiger partial charge < -0.3 is 14.9 Å². The highest BCUT2D eigenvalue weighted by atomic mass is 16.5. The maximum Gasteiger partial charge on any atom is 0.331 e. The zero-order valence-electron chi connectivity index (χ0n) is 13.1. The molecule has 0 amide bonds. The predicted molar refractivity (Wildman–Crippen MR) is 87.1 cm³/mol. The van der Waals surface area contributed by atoms with E-state index in [4.69, 9.17) is 4.74 Å². The molecule has 0 aromatic carbocycles. The number of aliphatic hydroxyl groups is 2. The van der Waals surface area contributed by atoms with Gasteiger partial charge in [0.05, 0.1) is 0 Å². The van der Waals surface area contributed by atoms with Crippen molar-refractivity contribution >= 4 is 5.97 Å². The van der Waals surface area contributed by atoms with Gasteiger partial charge in [0.1, 0.15) is 18.8 Å². The van der Waals surface area contributed by atoms with Gasteiger partial charge in [-0.05, 0) is 44.4 Å². The van der Waals surface area contributed by atoms with E-state index in [1.54, 1.807) is 12.2 Å². The van der Waals surface area contributed by atoms with E-state index >= 15 is 0 Å². The Kier molecular flexibility index (Phi) is 8.18. The number of unbranched alkanes of at least 4 members (excludes halogenated alkanes) is 1. The highest BCUT2D eigenvalue weighted by Crippen LogP contribution is 2.12. The molecule has 1 aliphatic carbocycles. The molecule has 4 nitrogen and oxygen atoms in total. The number of allylic oxidation sites excluding steroid dienone is 6. The summed E-state index contributed by atoms with van der Waals surface area (Å²) < 4.78 is 5.02. The Morgan fingerprint density at radius 1 is 1.23 bits per heavy atom. The molecule has 0 saturated heterocycles. The Bertz CT molecular complexity index is 505. The molecule has 2 unspecified atom stereocenters. The van der Waals surface area contributed by atoms with Crippen LogP contribution in [0, 0.1) is 0 Å². The molecule has 0 spiro atoms. The summed E-state index contributed by atoms with van der Waals surface area (Å²) in [6, 6.07) is 0. The van der Waals surface area contributed by atoms with Crippen LogP contribution in [0.15, 0.2) is 59.8 Å². The van der Waals surface area contributed by atoms with Crippen LogP contribution in [0.4, 0.5) is 0 Å². The number of esters is 1. The van der Waals surface area contributed by atoms with E-state index in [-0.39, 0.29) is 6.61 Å². The Morgan fingerprint density at radius 3 is 2.68 bits per heavy atom. The minimum absolute atomic E-state index is 0.244. The Morgan fingerprint density at radius 2 is 2.00 bits per heavy atom. The SMILES string of the molecule is CC(C)=CCC/C=C/COC(=O)/C=C/C1=CC(O)C(O)C=C1. The lowest BCUT2D eigenvalue weighted by Crippen LogP contribution is -2.23. The van der Waals surface area contributed by atoms with Crippen LogP contribution in [-0.4, -0.2) is 35.0 Å². The molecule has 0 aromatic rings. The van der Waals surface area contributed by atoms with Crippen LogP contribution in [-0.2, 0) is 9.53 Å². The Balaban J connectivity index is 2.25. The molecular formula is C18H24O4. The topological polar surface area (TPSA) is 66.8 Å². The largest absolute Gasteiger partial charge is 0.458 e. The van der Waals surface area contributed by atoms with Gasteiger partial charge in [0, 0.05) is 6.08 Å². The van der Waals surface area contributed by atoms with Gasteiger partial charge in [-0.25, -0.2) is 4.79 Å². The van der Waals surface area contributed by atoms with Gasteiger partial charge in [0.15, 0.2) is 0 Å². The third kappa shape index (κ3) is 7.76. The summed E-state index contributed by atoms with van der Waals surface area (Å²) in [6.07, 6.45) is 13.5. The molecule has 0 aromatic heterocycles. The molecule has 2 atom stereocenters. The molecule has 0 radical (unpaired) electrons. The first-order chi connectivity index (χ1) is 10.5. The van der Waals surface area contributed by atoms with Crippen molar-refractivity contribution in [3.63, 3.8) is 0 Å². The minimum Gasteiger partial charge on any atom is -0.458 e. The summed E-state index contributed by atoms with van der Waals surface area (Å²) in [5, 5.41) is 18.8. The van der Waals surface area contributed by atoms with Crippen molar-refractivity contribution < 1.29 is 19.7 Å². The molecule has 0 bridgehead atoms. The van der Waals surface area contributed by atoms with Crippen LogP contribution in [0.2, 0.25) is 0 Å². The molecule has 4 heteroatoms. The first-order valence-corrected chi connectivity index (χ1v) is 7.38. The molecular weight excluding hydrogens is 280 g/mol. The van der Waals surface area contributed by atoms with Crippen LogP contribution in [0.25, 0.3) is 0 Å². The fourth-order valence-electron chi connectivity index (χ4n) is 1.78. The standard InChI is InChI=1S/C18H24O4/c1-14(2)7-5-3-4-6-12-22-18(21)11-9-15-8-10-16(19)17(20)13-15/h4,6-11,13,16-17,19-20H,3,5,12H2,1-2H3/b6-4+,11-9+. The molecule has 1 rings (SSSR count). The van der Waals surface area contributed by atoms with Crippen LogP contribution in [0.1, 0.15) is 26.7 Å². The number of carbonyl (C=O) groups is 1. The van der Waals surface area contributed by atoms with Gasteiger partial charge in [-0.2, -0.15) is 0 Å². The van der Waals surface area contributed by atoms with Crippen molar-refractivity contribution in [1.29, 1.82) is 0 Å². The quantitative estimate of drug-likeness (QED) is 0.328.